The van der Waals surface area contributed by atoms with E-state index in [9.17, 15) is 0 Å². The monoisotopic (exact) mass is 212 g/mol. The number of ether oxygens (including phenoxy) is 1. The van der Waals surface area contributed by atoms with Gasteiger partial charge in [0, 0.05) is 32.3 Å². The van der Waals surface area contributed by atoms with E-state index in [0.717, 1.165) is 12.6 Å². The highest BCUT2D eigenvalue weighted by Crippen LogP contribution is 2.17. The van der Waals surface area contributed by atoms with Crippen LogP contribution in [0.25, 0.3) is 0 Å². The Morgan fingerprint density at radius 1 is 1.33 bits per heavy atom. The van der Waals surface area contributed by atoms with Crippen LogP contribution in [0.4, 0.5) is 0 Å². The van der Waals surface area contributed by atoms with Gasteiger partial charge in [-0.05, 0) is 32.2 Å². The second-order valence-corrected chi connectivity index (χ2v) is 4.77. The van der Waals surface area contributed by atoms with Crippen molar-refractivity contribution >= 4 is 0 Å². The molecule has 2 rings (SSSR count). The zero-order valence-electron chi connectivity index (χ0n) is 9.87. The average molecular weight is 212 g/mol. The molecule has 0 saturated carbocycles. The molecule has 1 N–H and O–H groups in total. The number of nitrogens with zero attached hydrogens (tertiary/aromatic N) is 1. The van der Waals surface area contributed by atoms with Gasteiger partial charge in [0.25, 0.3) is 0 Å². The van der Waals surface area contributed by atoms with Crippen molar-refractivity contribution in [1.82, 2.24) is 10.2 Å². The maximum Gasteiger partial charge on any atom is 0.0588 e. The minimum atomic E-state index is 0.553. The molecule has 0 aromatic carbocycles. The Morgan fingerprint density at radius 2 is 2.20 bits per heavy atom. The number of rotatable bonds is 6. The number of nitrogens with one attached hydrogen (secondary N) is 1. The fraction of sp³-hybridized carbons (Fsp3) is 1.00. The van der Waals surface area contributed by atoms with Crippen LogP contribution in [0.5, 0.6) is 0 Å². The molecule has 3 nitrogen and oxygen atoms in total. The highest BCUT2D eigenvalue weighted by molar-refractivity contribution is 4.85. The van der Waals surface area contributed by atoms with Crippen molar-refractivity contribution in [3.8, 4) is 0 Å². The standard InChI is InChI=1S/C12H24N2O/c1-2-6-14(11-9-13-10-11)7-5-12-4-3-8-15-12/h11-13H,2-10H2,1H3. The SMILES string of the molecule is CCCN(CCC1CCCO1)C1CNC1. The van der Waals surface area contributed by atoms with Crippen LogP contribution in [0.15, 0.2) is 0 Å². The topological polar surface area (TPSA) is 24.5 Å². The molecule has 1 unspecified atom stereocenters. The van der Waals surface area contributed by atoms with Crippen LogP contribution in [-0.4, -0.2) is 49.8 Å². The van der Waals surface area contributed by atoms with E-state index in [2.05, 4.69) is 17.1 Å². The molecule has 88 valence electrons. The summed E-state index contributed by atoms with van der Waals surface area (Å²) >= 11 is 0. The Hall–Kier alpha value is -0.120. The van der Waals surface area contributed by atoms with Crippen LogP contribution in [0.2, 0.25) is 0 Å². The molecule has 0 aromatic rings. The number of hydrogen-bond acceptors (Lipinski definition) is 3. The third-order valence-corrected chi connectivity index (χ3v) is 3.55. The van der Waals surface area contributed by atoms with Gasteiger partial charge in [-0.2, -0.15) is 0 Å². The lowest BCUT2D eigenvalue weighted by molar-refractivity contribution is 0.0755. The van der Waals surface area contributed by atoms with E-state index < -0.39 is 0 Å². The van der Waals surface area contributed by atoms with E-state index in [1.54, 1.807) is 0 Å². The Kier molecular flexibility index (Phi) is 4.42. The second-order valence-electron chi connectivity index (χ2n) is 4.77. The summed E-state index contributed by atoms with van der Waals surface area (Å²) in [6, 6.07) is 0.798. The van der Waals surface area contributed by atoms with Gasteiger partial charge in [0.15, 0.2) is 0 Å². The van der Waals surface area contributed by atoms with Gasteiger partial charge in [-0.3, -0.25) is 4.90 Å². The highest BCUT2D eigenvalue weighted by atomic mass is 16.5. The average Bonchev–Trinajstić information content (AvgIpc) is 2.64. The van der Waals surface area contributed by atoms with Crippen molar-refractivity contribution in [3.63, 3.8) is 0 Å². The minimum Gasteiger partial charge on any atom is -0.378 e. The molecular weight excluding hydrogens is 188 g/mol. The van der Waals surface area contributed by atoms with Gasteiger partial charge >= 0.3 is 0 Å². The molecule has 0 radical (unpaired) electrons. The molecule has 2 aliphatic heterocycles. The molecule has 0 aliphatic carbocycles. The third kappa shape index (κ3) is 3.16. The van der Waals surface area contributed by atoms with Crippen LogP contribution < -0.4 is 5.32 Å². The van der Waals surface area contributed by atoms with Crippen molar-refractivity contribution in [1.29, 1.82) is 0 Å². The van der Waals surface area contributed by atoms with Crippen LogP contribution >= 0.6 is 0 Å². The summed E-state index contributed by atoms with van der Waals surface area (Å²) in [6.07, 6.45) is 5.60. The largest absolute Gasteiger partial charge is 0.378 e. The molecule has 0 amide bonds. The fourth-order valence-electron chi connectivity index (χ4n) is 2.48. The molecule has 1 atom stereocenters. The van der Waals surface area contributed by atoms with Gasteiger partial charge in [-0.25, -0.2) is 0 Å². The van der Waals surface area contributed by atoms with E-state index in [-0.39, 0.29) is 0 Å². The Labute approximate surface area is 93.2 Å². The molecule has 0 spiro atoms. The normalized spacial score (nSPS) is 27.2. The first kappa shape index (κ1) is 11.4. The Balaban J connectivity index is 1.68. The van der Waals surface area contributed by atoms with E-state index in [1.165, 1.54) is 51.9 Å². The fourth-order valence-corrected chi connectivity index (χ4v) is 2.48. The molecule has 15 heavy (non-hydrogen) atoms. The molecule has 0 bridgehead atoms. The maximum atomic E-state index is 5.67. The van der Waals surface area contributed by atoms with Gasteiger partial charge in [0.2, 0.25) is 0 Å². The zero-order valence-corrected chi connectivity index (χ0v) is 9.87. The summed E-state index contributed by atoms with van der Waals surface area (Å²) in [5, 5.41) is 3.36. The highest BCUT2D eigenvalue weighted by Gasteiger charge is 2.25. The van der Waals surface area contributed by atoms with Gasteiger partial charge in [0.1, 0.15) is 0 Å². The van der Waals surface area contributed by atoms with Gasteiger partial charge < -0.3 is 10.1 Å². The maximum absolute atomic E-state index is 5.67. The summed E-state index contributed by atoms with van der Waals surface area (Å²) in [6.45, 7) is 8.11. The summed E-state index contributed by atoms with van der Waals surface area (Å²) in [5.74, 6) is 0. The van der Waals surface area contributed by atoms with E-state index in [1.807, 2.05) is 0 Å². The lowest BCUT2D eigenvalue weighted by Gasteiger charge is -2.38. The van der Waals surface area contributed by atoms with Crippen molar-refractivity contribution in [2.75, 3.05) is 32.8 Å². The van der Waals surface area contributed by atoms with Crippen LogP contribution in [0.1, 0.15) is 32.6 Å². The minimum absolute atomic E-state index is 0.553. The number of hydrogen-bond donors (Lipinski definition) is 1. The van der Waals surface area contributed by atoms with Gasteiger partial charge in [-0.1, -0.05) is 6.92 Å². The van der Waals surface area contributed by atoms with Crippen molar-refractivity contribution in [2.24, 2.45) is 0 Å². The predicted molar refractivity (Wildman–Crippen MR) is 62.1 cm³/mol. The molecule has 3 heteroatoms. The summed E-state index contributed by atoms with van der Waals surface area (Å²) < 4.78 is 5.67. The first-order valence-electron chi connectivity index (χ1n) is 6.46. The Morgan fingerprint density at radius 3 is 2.73 bits per heavy atom. The third-order valence-electron chi connectivity index (χ3n) is 3.55. The molecule has 2 heterocycles. The summed E-state index contributed by atoms with van der Waals surface area (Å²) in [5.41, 5.74) is 0. The van der Waals surface area contributed by atoms with Crippen LogP contribution in [0, 0.1) is 0 Å². The zero-order chi connectivity index (χ0) is 10.5. The first-order valence-corrected chi connectivity index (χ1v) is 6.46. The van der Waals surface area contributed by atoms with E-state index >= 15 is 0 Å². The second kappa shape index (κ2) is 5.83. The van der Waals surface area contributed by atoms with Gasteiger partial charge in [-0.15, -0.1) is 0 Å². The lowest BCUT2D eigenvalue weighted by Crippen LogP contribution is -2.57. The smallest absolute Gasteiger partial charge is 0.0588 e. The molecule has 2 saturated heterocycles. The molecule has 2 fully saturated rings. The predicted octanol–water partition coefficient (Wildman–Crippen LogP) is 1.24. The molecular formula is C12H24N2O. The summed E-state index contributed by atoms with van der Waals surface area (Å²) in [4.78, 5) is 2.64. The Bertz CT molecular complexity index is 176. The van der Waals surface area contributed by atoms with Crippen LogP contribution in [-0.2, 0) is 4.74 Å². The summed E-state index contributed by atoms with van der Waals surface area (Å²) in [7, 11) is 0. The van der Waals surface area contributed by atoms with Gasteiger partial charge in [0.05, 0.1) is 6.10 Å². The molecule has 2 aliphatic rings. The molecule has 0 aromatic heterocycles. The lowest BCUT2D eigenvalue weighted by atomic mass is 10.1. The van der Waals surface area contributed by atoms with Crippen LogP contribution in [0.3, 0.4) is 0 Å². The van der Waals surface area contributed by atoms with E-state index in [4.69, 9.17) is 4.74 Å². The van der Waals surface area contributed by atoms with Crippen molar-refractivity contribution in [2.45, 2.75) is 44.8 Å². The quantitative estimate of drug-likeness (QED) is 0.717. The van der Waals surface area contributed by atoms with Crippen molar-refractivity contribution in [3.05, 3.63) is 0 Å². The van der Waals surface area contributed by atoms with E-state index in [0.29, 0.717) is 6.10 Å². The first-order chi connectivity index (χ1) is 7.40. The van der Waals surface area contributed by atoms with Crippen molar-refractivity contribution < 1.29 is 4.74 Å².